The van der Waals surface area contributed by atoms with E-state index >= 15 is 14.4 Å². The second-order valence-electron chi connectivity index (χ2n) is 28.4. The van der Waals surface area contributed by atoms with Gasteiger partial charge in [-0.25, -0.2) is 29.7 Å². The lowest BCUT2D eigenvalue weighted by atomic mass is 9.78. The number of aromatic nitrogens is 5. The van der Waals surface area contributed by atoms with E-state index in [1.165, 1.54) is 69.8 Å². The van der Waals surface area contributed by atoms with E-state index in [0.717, 1.165) is 57.1 Å². The monoisotopic (exact) mass is 1660 g/mol. The summed E-state index contributed by atoms with van der Waals surface area (Å²) < 4.78 is 6.33. The lowest BCUT2D eigenvalue weighted by molar-refractivity contribution is -0.131. The van der Waals surface area contributed by atoms with Crippen molar-refractivity contribution in [2.75, 3.05) is 5.75 Å². The van der Waals surface area contributed by atoms with Crippen molar-refractivity contribution in [2.24, 2.45) is 16.6 Å². The average molecular weight is 1660 g/mol. The van der Waals surface area contributed by atoms with E-state index in [1.807, 2.05) is 13.8 Å². The maximum Gasteiger partial charge on any atom is 0.357 e. The third-order valence-electron chi connectivity index (χ3n) is 20.1. The number of hydrogen-bond acceptors (Lipinski definition) is 30. The van der Waals surface area contributed by atoms with Crippen molar-refractivity contribution >= 4 is 139 Å². The number of fused-ring (bicyclic) bond motifs is 7. The van der Waals surface area contributed by atoms with Crippen LogP contribution in [0.1, 0.15) is 204 Å². The Morgan fingerprint density at radius 3 is 2.09 bits per heavy atom. The molecule has 1 saturated heterocycles. The molecule has 608 valence electrons. The number of piperidine rings is 1. The average Bonchev–Trinajstić information content (AvgIpc) is 1.43. The van der Waals surface area contributed by atoms with Gasteiger partial charge < -0.3 is 84.1 Å². The molecule has 11 amide bonds. The fraction of sp³-hybridized carbons (Fsp3) is 0.452. The number of aliphatic hydroxyl groups is 4. The summed E-state index contributed by atoms with van der Waals surface area (Å²) in [6.07, 6.45) is -2.18. The van der Waals surface area contributed by atoms with Crippen LogP contribution in [0.25, 0.3) is 5.57 Å². The predicted octanol–water partition coefficient (Wildman–Crippen LogP) is 1.38. The van der Waals surface area contributed by atoms with Crippen LogP contribution in [0.3, 0.4) is 0 Å². The number of thioether (sulfide) groups is 1. The fourth-order valence-corrected chi connectivity index (χ4v) is 17.8. The molecule has 18 unspecified atom stereocenters. The number of allylic oxidation sites excluding steroid dienone is 1. The maximum absolute atomic E-state index is 15.4. The first-order valence-electron chi connectivity index (χ1n) is 36.1. The Hall–Kier alpha value is -10.2. The molecule has 0 saturated carbocycles. The Kier molecular flexibility index (Phi) is 27.0. The molecule has 1 aliphatic carbocycles. The highest BCUT2D eigenvalue weighted by Gasteiger charge is 2.52. The number of hydrogen-bond donors (Lipinski definition) is 17. The minimum Gasteiger partial charge on any atom is -0.455 e. The normalized spacial score (nSPS) is 27.7. The molecule has 13 bridgehead atoms. The Bertz CT molecular complexity index is 4810. The van der Waals surface area contributed by atoms with Gasteiger partial charge in [-0.3, -0.25) is 68.4 Å². The van der Waals surface area contributed by atoms with Gasteiger partial charge in [-0.1, -0.05) is 65.1 Å². The zero-order valence-electron chi connectivity index (χ0n) is 63.7. The fourth-order valence-electron chi connectivity index (χ4n) is 12.9. The number of amides is 11. The van der Waals surface area contributed by atoms with Crippen molar-refractivity contribution in [3.05, 3.63) is 148 Å². The van der Waals surface area contributed by atoms with Crippen molar-refractivity contribution in [3.63, 3.8) is 0 Å². The first kappa shape index (κ1) is 86.2. The third kappa shape index (κ3) is 18.8. The number of carbonyl (C=O) groups excluding carboxylic acids is 12. The standard InChI is InChI=1S/C73H89N19O17S5/c1-15-27(3)49-64(105)79-32(8)58(99)76-30(6)57(98)77-33(9)59(100)92-73-20-19-41(67-86-45(23-111-67)60(101)78-31(7)56(97)75-29(5)55(74)96)82-53(73)44-22-112-68(84-44)52(36(12)109-70(107)42-18-17-38-39(34(10)93)21-43(81-49)28(4)50(38)80-42)90-61(102)46-25-113-69(87-46)54(72(14,108)37(13)95)91-63(104)47-24-110-66(85-47)40(16-2)83-65(106)51(35(11)94)89-62(103)48-26-114-71(73)88-48/h16-18,21-23,25-28,32-37,41,43,47,49,51-54,81-82,93-95,108H,5-7,15,19-20,24H2,1-4,8-14H3,(H2,74,96)(H,75,97)(H,76,99)(H,77,98)(H,78,101)(H,79,105)(H,83,106)(H,89,103)(H,90,102)(H,91,104)(H,92,100). The number of rotatable bonds is 12. The van der Waals surface area contributed by atoms with E-state index in [1.54, 1.807) is 38.3 Å². The van der Waals surface area contributed by atoms with Gasteiger partial charge in [0.1, 0.15) is 101 Å². The second-order valence-corrected chi connectivity index (χ2v) is 32.9. The van der Waals surface area contributed by atoms with Gasteiger partial charge in [0.15, 0.2) is 0 Å². The number of nitrogens with one attached hydrogen (secondary N) is 12. The minimum atomic E-state index is -2.18. The van der Waals surface area contributed by atoms with Crippen molar-refractivity contribution < 1.29 is 82.7 Å². The van der Waals surface area contributed by atoms with E-state index in [4.69, 9.17) is 25.4 Å². The van der Waals surface area contributed by atoms with Gasteiger partial charge in [-0.05, 0) is 85.8 Å². The lowest BCUT2D eigenvalue weighted by Crippen LogP contribution is -2.61. The Balaban J connectivity index is 1.16. The molecule has 36 nitrogen and oxygen atoms in total. The molecule has 4 aliphatic heterocycles. The van der Waals surface area contributed by atoms with Crippen LogP contribution in [-0.2, 0) is 48.6 Å². The van der Waals surface area contributed by atoms with E-state index in [9.17, 15) is 63.6 Å². The number of aliphatic hydroxyl groups excluding tert-OH is 3. The van der Waals surface area contributed by atoms with Crippen molar-refractivity contribution in [1.82, 2.24) is 88.7 Å². The maximum atomic E-state index is 15.4. The van der Waals surface area contributed by atoms with E-state index in [-0.39, 0.29) is 83.8 Å². The van der Waals surface area contributed by atoms with Gasteiger partial charge in [-0.2, -0.15) is 0 Å². The lowest BCUT2D eigenvalue weighted by Gasteiger charge is -2.46. The van der Waals surface area contributed by atoms with Crippen LogP contribution in [-0.4, -0.2) is 193 Å². The van der Waals surface area contributed by atoms with E-state index in [0.29, 0.717) is 23.3 Å². The predicted molar refractivity (Wildman–Crippen MR) is 421 cm³/mol. The summed E-state index contributed by atoms with van der Waals surface area (Å²) in [5.74, 6) is -12.1. The first-order chi connectivity index (χ1) is 53.7. The number of nitrogens with zero attached hydrogens (tertiary/aromatic N) is 6. The Morgan fingerprint density at radius 1 is 0.737 bits per heavy atom. The quantitative estimate of drug-likeness (QED) is 0.0620. The SMILES string of the molecule is C=C(NC(=O)C(=C)NC(=O)c1csc(C2CCC34NC(=O)C(C)NC(=O)C(=C)NC(=O)C(C)NC(=O)C(C(C)CC)NC5C=C(C(C)O)c6ccc(nc6C5C)C(=O)OC(C)C(NC(=O)c5csc(n5)C(C(C)(O)C(C)O)NC(=O)C5CSC(=N5)C(=CC)NC(=O)C(C(C)O)NC(=O)c5csc3n5)c3nc(cs3)C4N2)n1)C(N)=O. The molecule has 114 heavy (non-hydrogen) atoms. The zero-order valence-corrected chi connectivity index (χ0v) is 67.8. The number of primary amides is 1. The minimum absolute atomic E-state index is 0.000998. The molecule has 1 fully saturated rings. The zero-order chi connectivity index (χ0) is 83.4. The molecule has 41 heteroatoms. The molecule has 18 N–H and O–H groups in total. The van der Waals surface area contributed by atoms with Crippen LogP contribution in [0.5, 0.6) is 0 Å². The van der Waals surface area contributed by atoms with Gasteiger partial charge >= 0.3 is 5.97 Å². The van der Waals surface area contributed by atoms with Crippen LogP contribution >= 0.6 is 57.1 Å². The highest BCUT2D eigenvalue weighted by Crippen LogP contribution is 2.49. The van der Waals surface area contributed by atoms with Gasteiger partial charge in [0.2, 0.25) is 29.5 Å². The van der Waals surface area contributed by atoms with Crippen molar-refractivity contribution in [3.8, 4) is 0 Å². The molecule has 0 radical (unpaired) electrons. The molecule has 9 heterocycles. The van der Waals surface area contributed by atoms with Gasteiger partial charge in [-0.15, -0.1) is 57.1 Å². The summed E-state index contributed by atoms with van der Waals surface area (Å²) in [6.45, 7) is 27.3. The summed E-state index contributed by atoms with van der Waals surface area (Å²) >= 11 is 4.67. The number of cyclic esters (lactones) is 1. The van der Waals surface area contributed by atoms with Gasteiger partial charge in [0.05, 0.1) is 70.6 Å². The molecule has 0 spiro atoms. The van der Waals surface area contributed by atoms with Crippen LogP contribution < -0.4 is 69.5 Å². The number of nitrogens with two attached hydrogens (primary N) is 1. The molecule has 5 aromatic heterocycles. The summed E-state index contributed by atoms with van der Waals surface area (Å²) in [7, 11) is 0. The number of pyridine rings is 1. The topological polar surface area (TPSA) is 542 Å². The number of esters is 1. The summed E-state index contributed by atoms with van der Waals surface area (Å²) in [4.78, 5) is 199. The van der Waals surface area contributed by atoms with Crippen LogP contribution in [0.15, 0.2) is 93.3 Å². The summed E-state index contributed by atoms with van der Waals surface area (Å²) in [5.41, 5.74) is -0.217. The van der Waals surface area contributed by atoms with E-state index < -0.39 is 190 Å². The Morgan fingerprint density at radius 2 is 1.41 bits per heavy atom. The first-order valence-corrected chi connectivity index (χ1v) is 40.6. The molecular formula is C73H89N19O17S5. The van der Waals surface area contributed by atoms with Crippen molar-refractivity contribution in [2.45, 2.75) is 197 Å². The molecule has 0 aromatic carbocycles. The number of ether oxygens (including phenoxy) is 1. The summed E-state index contributed by atoms with van der Waals surface area (Å²) in [5, 5.41) is 84.7. The molecule has 18 atom stereocenters. The Labute approximate surface area is 673 Å². The highest BCUT2D eigenvalue weighted by molar-refractivity contribution is 8.14. The largest absolute Gasteiger partial charge is 0.455 e. The molecule has 10 rings (SSSR count). The second kappa shape index (κ2) is 35.7. The van der Waals surface area contributed by atoms with Crippen LogP contribution in [0, 0.1) is 5.92 Å². The van der Waals surface area contributed by atoms with Gasteiger partial charge in [0.25, 0.3) is 35.4 Å². The van der Waals surface area contributed by atoms with Crippen LogP contribution in [0.4, 0.5) is 0 Å². The van der Waals surface area contributed by atoms with Gasteiger partial charge in [0, 0.05) is 44.8 Å². The highest BCUT2D eigenvalue weighted by atomic mass is 32.2. The smallest absolute Gasteiger partial charge is 0.357 e. The number of carbonyl (C=O) groups is 12. The number of thiazole rings is 4. The molecule has 5 aliphatic rings. The molecule has 5 aromatic rings. The number of aliphatic imine (C=N–C) groups is 1. The van der Waals surface area contributed by atoms with E-state index in [2.05, 4.69) is 98.5 Å². The molecular weight excluding hydrogens is 1580 g/mol. The summed E-state index contributed by atoms with van der Waals surface area (Å²) in [6, 6.07) is -9.81. The van der Waals surface area contributed by atoms with Crippen molar-refractivity contribution in [1.29, 1.82) is 0 Å². The third-order valence-corrected chi connectivity index (χ3v) is 25.0. The van der Waals surface area contributed by atoms with Crippen LogP contribution in [0.2, 0.25) is 0 Å².